The largest absolute Gasteiger partial charge is 0.478 e. The zero-order valence-electron chi connectivity index (χ0n) is 20.9. The SMILES string of the molecule is Cc1cc(CNC(=O)c2cc(C(=O)N[C@H]3CCc4cc(C(=O)O)ccc43)nc(N[C@@H](C)CO)n2)ccc1F. The van der Waals surface area contributed by atoms with Gasteiger partial charge in [0, 0.05) is 18.7 Å². The number of carbonyl (C=O) groups excluding carboxylic acids is 2. The van der Waals surface area contributed by atoms with E-state index in [0.29, 0.717) is 24.0 Å². The highest BCUT2D eigenvalue weighted by molar-refractivity contribution is 5.98. The lowest BCUT2D eigenvalue weighted by Gasteiger charge is -2.16. The maximum Gasteiger partial charge on any atom is 0.335 e. The number of aromatic carboxylic acids is 1. The maximum absolute atomic E-state index is 13.5. The molecule has 5 N–H and O–H groups in total. The summed E-state index contributed by atoms with van der Waals surface area (Å²) >= 11 is 0. The van der Waals surface area contributed by atoms with Gasteiger partial charge < -0.3 is 26.2 Å². The van der Waals surface area contributed by atoms with E-state index in [1.807, 2.05) is 0 Å². The van der Waals surface area contributed by atoms with Gasteiger partial charge in [0.15, 0.2) is 0 Å². The summed E-state index contributed by atoms with van der Waals surface area (Å²) < 4.78 is 13.5. The van der Waals surface area contributed by atoms with Gasteiger partial charge in [0.1, 0.15) is 17.2 Å². The Hall–Kier alpha value is -4.38. The van der Waals surface area contributed by atoms with E-state index in [2.05, 4.69) is 25.9 Å². The number of amides is 2. The van der Waals surface area contributed by atoms with Crippen molar-refractivity contribution in [1.29, 1.82) is 0 Å². The van der Waals surface area contributed by atoms with E-state index in [1.54, 1.807) is 38.1 Å². The third kappa shape index (κ3) is 6.12. The molecule has 1 heterocycles. The van der Waals surface area contributed by atoms with E-state index in [1.165, 1.54) is 18.2 Å². The third-order valence-corrected chi connectivity index (χ3v) is 6.29. The fraction of sp³-hybridized carbons (Fsp3) is 0.296. The zero-order chi connectivity index (χ0) is 27.4. The molecule has 1 aliphatic rings. The molecular weight excluding hydrogens is 493 g/mol. The van der Waals surface area contributed by atoms with Crippen molar-refractivity contribution in [2.24, 2.45) is 0 Å². The first-order valence-electron chi connectivity index (χ1n) is 12.1. The van der Waals surface area contributed by atoms with Crippen LogP contribution in [0.1, 0.15) is 73.0 Å². The highest BCUT2D eigenvalue weighted by Gasteiger charge is 2.26. The molecule has 0 saturated heterocycles. The third-order valence-electron chi connectivity index (χ3n) is 6.29. The molecule has 0 fully saturated rings. The topological polar surface area (TPSA) is 154 Å². The molecule has 11 heteroatoms. The second kappa shape index (κ2) is 11.3. The Morgan fingerprint density at radius 2 is 1.82 bits per heavy atom. The lowest BCUT2D eigenvalue weighted by Crippen LogP contribution is -2.31. The number of carbonyl (C=O) groups is 3. The van der Waals surface area contributed by atoms with Crippen LogP contribution < -0.4 is 16.0 Å². The van der Waals surface area contributed by atoms with E-state index < -0.39 is 23.8 Å². The zero-order valence-corrected chi connectivity index (χ0v) is 20.9. The van der Waals surface area contributed by atoms with Crippen LogP contribution in [-0.2, 0) is 13.0 Å². The number of carboxylic acid groups (broad SMARTS) is 1. The Morgan fingerprint density at radius 3 is 2.50 bits per heavy atom. The second-order valence-corrected chi connectivity index (χ2v) is 9.24. The van der Waals surface area contributed by atoms with Crippen LogP contribution in [0.5, 0.6) is 0 Å². The van der Waals surface area contributed by atoms with Gasteiger partial charge in [0.2, 0.25) is 5.95 Å². The van der Waals surface area contributed by atoms with E-state index in [-0.39, 0.29) is 47.9 Å². The van der Waals surface area contributed by atoms with Crippen molar-refractivity contribution in [3.05, 3.63) is 87.5 Å². The summed E-state index contributed by atoms with van der Waals surface area (Å²) in [6, 6.07) is 9.82. The summed E-state index contributed by atoms with van der Waals surface area (Å²) in [6.07, 6.45) is 1.20. The van der Waals surface area contributed by atoms with E-state index >= 15 is 0 Å². The van der Waals surface area contributed by atoms with Crippen LogP contribution >= 0.6 is 0 Å². The van der Waals surface area contributed by atoms with Crippen molar-refractivity contribution in [2.45, 2.75) is 45.3 Å². The number of benzene rings is 2. The smallest absolute Gasteiger partial charge is 0.335 e. The molecule has 0 saturated carbocycles. The van der Waals surface area contributed by atoms with E-state index in [0.717, 1.165) is 11.1 Å². The number of aromatic nitrogens is 2. The van der Waals surface area contributed by atoms with Crippen LogP contribution in [0.4, 0.5) is 10.3 Å². The number of hydrogen-bond acceptors (Lipinski definition) is 7. The van der Waals surface area contributed by atoms with Crippen LogP contribution in [0.3, 0.4) is 0 Å². The van der Waals surface area contributed by atoms with Crippen molar-refractivity contribution in [2.75, 3.05) is 11.9 Å². The molecule has 198 valence electrons. The molecule has 2 aromatic carbocycles. The minimum atomic E-state index is -1.02. The van der Waals surface area contributed by atoms with Crippen LogP contribution in [0.15, 0.2) is 42.5 Å². The first kappa shape index (κ1) is 26.7. The van der Waals surface area contributed by atoms with Gasteiger partial charge in [0.25, 0.3) is 11.8 Å². The average molecular weight is 522 g/mol. The van der Waals surface area contributed by atoms with Crippen molar-refractivity contribution in [1.82, 2.24) is 20.6 Å². The molecule has 10 nitrogen and oxygen atoms in total. The Labute approximate surface area is 218 Å². The molecule has 1 aliphatic carbocycles. The Balaban J connectivity index is 1.54. The van der Waals surface area contributed by atoms with Gasteiger partial charge in [-0.1, -0.05) is 18.2 Å². The Kier molecular flexibility index (Phi) is 7.96. The molecule has 1 aromatic heterocycles. The van der Waals surface area contributed by atoms with Gasteiger partial charge in [-0.2, -0.15) is 0 Å². The van der Waals surface area contributed by atoms with Gasteiger partial charge in [-0.3, -0.25) is 9.59 Å². The van der Waals surface area contributed by atoms with Crippen molar-refractivity contribution in [3.8, 4) is 0 Å². The number of fused-ring (bicyclic) bond motifs is 1. The number of halogens is 1. The molecule has 0 radical (unpaired) electrons. The van der Waals surface area contributed by atoms with Crippen molar-refractivity contribution >= 4 is 23.7 Å². The first-order valence-corrected chi connectivity index (χ1v) is 12.1. The molecule has 3 aromatic rings. The number of aliphatic hydroxyl groups excluding tert-OH is 1. The summed E-state index contributed by atoms with van der Waals surface area (Å²) in [6.45, 7) is 3.22. The fourth-order valence-corrected chi connectivity index (χ4v) is 4.23. The standard InChI is InChI=1S/C27H28FN5O5/c1-14-9-16(3-7-20(14)28)12-29-24(35)22-11-23(33-27(32-22)30-15(2)13-34)25(36)31-21-8-5-17-10-18(26(37)38)4-6-19(17)21/h3-4,6-7,9-11,15,21,34H,5,8,12-13H2,1-2H3,(H,29,35)(H,31,36)(H,37,38)(H,30,32,33)/t15-,21-/m0/s1. The number of aryl methyl sites for hydroxylation is 2. The number of anilines is 1. The van der Waals surface area contributed by atoms with Crippen molar-refractivity contribution in [3.63, 3.8) is 0 Å². The van der Waals surface area contributed by atoms with Gasteiger partial charge in [0.05, 0.1) is 18.2 Å². The fourth-order valence-electron chi connectivity index (χ4n) is 4.23. The summed E-state index contributed by atoms with van der Waals surface area (Å²) in [5, 5.41) is 27.1. The first-order chi connectivity index (χ1) is 18.1. The Morgan fingerprint density at radius 1 is 1.08 bits per heavy atom. The molecule has 0 spiro atoms. The molecule has 38 heavy (non-hydrogen) atoms. The molecule has 2 amide bonds. The van der Waals surface area contributed by atoms with Gasteiger partial charge in [-0.25, -0.2) is 19.2 Å². The van der Waals surface area contributed by atoms with E-state index in [4.69, 9.17) is 0 Å². The lowest BCUT2D eigenvalue weighted by molar-refractivity contribution is 0.0696. The Bertz CT molecular complexity index is 1400. The van der Waals surface area contributed by atoms with Gasteiger partial charge in [-0.15, -0.1) is 0 Å². The molecule has 2 atom stereocenters. The van der Waals surface area contributed by atoms with Crippen LogP contribution in [-0.4, -0.2) is 50.6 Å². The molecule has 0 unspecified atom stereocenters. The number of rotatable bonds is 9. The predicted molar refractivity (Wildman–Crippen MR) is 136 cm³/mol. The van der Waals surface area contributed by atoms with Crippen LogP contribution in [0.2, 0.25) is 0 Å². The van der Waals surface area contributed by atoms with Crippen LogP contribution in [0, 0.1) is 12.7 Å². The average Bonchev–Trinajstić information content (AvgIpc) is 3.30. The number of nitrogens with one attached hydrogen (secondary N) is 3. The van der Waals surface area contributed by atoms with E-state index in [9.17, 15) is 29.0 Å². The van der Waals surface area contributed by atoms with Gasteiger partial charge in [-0.05, 0) is 67.1 Å². The number of carboxylic acids is 1. The number of aliphatic hydroxyl groups is 1. The maximum atomic E-state index is 13.5. The highest BCUT2D eigenvalue weighted by atomic mass is 19.1. The number of hydrogen-bond donors (Lipinski definition) is 5. The summed E-state index contributed by atoms with van der Waals surface area (Å²) in [5.41, 5.74) is 2.91. The lowest BCUT2D eigenvalue weighted by atomic mass is 10.0. The molecule has 0 aliphatic heterocycles. The number of nitrogens with zero attached hydrogens (tertiary/aromatic N) is 2. The van der Waals surface area contributed by atoms with Crippen molar-refractivity contribution < 1.29 is 29.0 Å². The van der Waals surface area contributed by atoms with Crippen LogP contribution in [0.25, 0.3) is 0 Å². The molecular formula is C27H28FN5O5. The molecule has 0 bridgehead atoms. The predicted octanol–water partition coefficient (Wildman–Crippen LogP) is 2.76. The molecule has 4 rings (SSSR count). The minimum Gasteiger partial charge on any atom is -0.478 e. The quantitative estimate of drug-likeness (QED) is 0.288. The summed E-state index contributed by atoms with van der Waals surface area (Å²) in [7, 11) is 0. The van der Waals surface area contributed by atoms with Gasteiger partial charge >= 0.3 is 5.97 Å². The summed E-state index contributed by atoms with van der Waals surface area (Å²) in [5.74, 6) is -2.45. The second-order valence-electron chi connectivity index (χ2n) is 9.24. The monoisotopic (exact) mass is 521 g/mol. The normalized spacial score (nSPS) is 14.9. The summed E-state index contributed by atoms with van der Waals surface area (Å²) in [4.78, 5) is 45.8. The highest BCUT2D eigenvalue weighted by Crippen LogP contribution is 2.32. The minimum absolute atomic E-state index is 0.0000938.